The van der Waals surface area contributed by atoms with Gasteiger partial charge in [-0.3, -0.25) is 9.78 Å². The first kappa shape index (κ1) is 16.9. The quantitative estimate of drug-likeness (QED) is 0.811. The molecule has 1 amide bonds. The predicted molar refractivity (Wildman–Crippen MR) is 100.0 cm³/mol. The van der Waals surface area contributed by atoms with E-state index in [2.05, 4.69) is 4.98 Å². The summed E-state index contributed by atoms with van der Waals surface area (Å²) in [5, 5.41) is 0. The number of carbonyl (C=O) groups excluding carboxylic acids is 1. The highest BCUT2D eigenvalue weighted by atomic mass is 16.5. The number of aromatic nitrogens is 1. The summed E-state index contributed by atoms with van der Waals surface area (Å²) in [7, 11) is 1.65. The van der Waals surface area contributed by atoms with Crippen LogP contribution in [0.15, 0.2) is 36.7 Å². The van der Waals surface area contributed by atoms with Crippen molar-refractivity contribution >= 4 is 11.6 Å². The molecule has 1 unspecified atom stereocenters. The molecule has 2 heterocycles. The zero-order chi connectivity index (χ0) is 18.1. The maximum atomic E-state index is 12.9. The highest BCUT2D eigenvalue weighted by Crippen LogP contribution is 2.41. The van der Waals surface area contributed by atoms with Gasteiger partial charge in [-0.05, 0) is 56.4 Å². The summed E-state index contributed by atoms with van der Waals surface area (Å²) in [6, 6.07) is 7.62. The van der Waals surface area contributed by atoms with Crippen molar-refractivity contribution in [1.82, 2.24) is 4.98 Å². The fourth-order valence-corrected chi connectivity index (χ4v) is 4.00. The number of nitrogens with zero attached hydrogens (tertiary/aromatic N) is 2. The fraction of sp³-hybridized carbons (Fsp3) is 0.429. The predicted octanol–water partition coefficient (Wildman–Crippen LogP) is 4.52. The summed E-state index contributed by atoms with van der Waals surface area (Å²) < 4.78 is 11.7. The number of benzene rings is 1. The number of rotatable bonds is 4. The molecule has 1 aliphatic carbocycles. The normalized spacial score (nSPS) is 20.2. The molecule has 26 heavy (non-hydrogen) atoms. The summed E-state index contributed by atoms with van der Waals surface area (Å²) in [4.78, 5) is 18.8. The second-order valence-corrected chi connectivity index (χ2v) is 7.03. The van der Waals surface area contributed by atoms with Crippen LogP contribution < -0.4 is 14.4 Å². The van der Waals surface area contributed by atoms with Crippen LogP contribution in [0.5, 0.6) is 11.5 Å². The summed E-state index contributed by atoms with van der Waals surface area (Å²) in [6.45, 7) is 2.04. The fourth-order valence-electron chi connectivity index (χ4n) is 4.00. The van der Waals surface area contributed by atoms with Crippen LogP contribution in [-0.4, -0.2) is 24.1 Å². The molecule has 136 valence electrons. The molecule has 1 aliphatic heterocycles. The molecule has 5 nitrogen and oxygen atoms in total. The molecule has 0 saturated heterocycles. The van der Waals surface area contributed by atoms with Gasteiger partial charge in [-0.25, -0.2) is 0 Å². The molecule has 1 saturated carbocycles. The van der Waals surface area contributed by atoms with Crippen molar-refractivity contribution in [2.24, 2.45) is 0 Å². The van der Waals surface area contributed by atoms with Gasteiger partial charge in [0.25, 0.3) is 5.91 Å². The van der Waals surface area contributed by atoms with Crippen molar-refractivity contribution in [2.45, 2.75) is 51.2 Å². The molecular weight excluding hydrogens is 328 g/mol. The standard InChI is InChI=1S/C21H24N2O3/c1-14-17-10-11-22-13-18(17)21(24)23(14)15-8-9-19(25-2)20(12-15)26-16-6-4-3-5-7-16/h8-14,16H,3-7H2,1-2H3. The van der Waals surface area contributed by atoms with Crippen molar-refractivity contribution < 1.29 is 14.3 Å². The Balaban J connectivity index is 1.65. The van der Waals surface area contributed by atoms with Gasteiger partial charge in [-0.1, -0.05) is 6.42 Å². The number of hydrogen-bond donors (Lipinski definition) is 0. The van der Waals surface area contributed by atoms with Crippen LogP contribution in [0.1, 0.15) is 61.0 Å². The first-order valence-corrected chi connectivity index (χ1v) is 9.31. The van der Waals surface area contributed by atoms with E-state index in [1.54, 1.807) is 24.4 Å². The molecule has 2 aromatic rings. The molecule has 0 N–H and O–H groups in total. The van der Waals surface area contributed by atoms with Crippen molar-refractivity contribution in [3.05, 3.63) is 47.8 Å². The number of carbonyl (C=O) groups is 1. The van der Waals surface area contributed by atoms with Gasteiger partial charge in [0.15, 0.2) is 11.5 Å². The topological polar surface area (TPSA) is 51.7 Å². The Hall–Kier alpha value is -2.56. The lowest BCUT2D eigenvalue weighted by Crippen LogP contribution is -2.26. The van der Waals surface area contributed by atoms with E-state index in [4.69, 9.17) is 9.47 Å². The van der Waals surface area contributed by atoms with E-state index in [9.17, 15) is 4.79 Å². The summed E-state index contributed by atoms with van der Waals surface area (Å²) in [5.74, 6) is 1.40. The van der Waals surface area contributed by atoms with E-state index in [1.165, 1.54) is 19.3 Å². The van der Waals surface area contributed by atoms with E-state index >= 15 is 0 Å². The van der Waals surface area contributed by atoms with E-state index < -0.39 is 0 Å². The second-order valence-electron chi connectivity index (χ2n) is 7.03. The van der Waals surface area contributed by atoms with Gasteiger partial charge in [0.05, 0.1) is 24.8 Å². The largest absolute Gasteiger partial charge is 0.493 e. The zero-order valence-corrected chi connectivity index (χ0v) is 15.3. The molecule has 2 aliphatic rings. The van der Waals surface area contributed by atoms with Crippen LogP contribution in [0, 0.1) is 0 Å². The Morgan fingerprint density at radius 3 is 2.65 bits per heavy atom. The Morgan fingerprint density at radius 1 is 1.12 bits per heavy atom. The molecule has 1 fully saturated rings. The Bertz CT molecular complexity index is 815. The van der Waals surface area contributed by atoms with Crippen LogP contribution in [0.3, 0.4) is 0 Å². The van der Waals surface area contributed by atoms with Crippen molar-refractivity contribution in [2.75, 3.05) is 12.0 Å². The van der Waals surface area contributed by atoms with E-state index in [-0.39, 0.29) is 18.1 Å². The number of methoxy groups -OCH3 is 1. The van der Waals surface area contributed by atoms with Crippen LogP contribution >= 0.6 is 0 Å². The molecule has 0 radical (unpaired) electrons. The molecule has 1 aromatic heterocycles. The summed E-state index contributed by atoms with van der Waals surface area (Å²) in [5.41, 5.74) is 2.51. The van der Waals surface area contributed by atoms with Gasteiger partial charge in [0.2, 0.25) is 0 Å². The summed E-state index contributed by atoms with van der Waals surface area (Å²) >= 11 is 0. The first-order chi connectivity index (χ1) is 12.7. The minimum atomic E-state index is -0.0311. The van der Waals surface area contributed by atoms with Gasteiger partial charge in [0, 0.05) is 24.1 Å². The number of amides is 1. The SMILES string of the molecule is COc1ccc(N2C(=O)c3cnccc3C2C)cc1OC1CCCCC1. The van der Waals surface area contributed by atoms with Crippen molar-refractivity contribution in [3.63, 3.8) is 0 Å². The van der Waals surface area contributed by atoms with Crippen LogP contribution in [0.2, 0.25) is 0 Å². The monoisotopic (exact) mass is 352 g/mol. The molecule has 0 bridgehead atoms. The van der Waals surface area contributed by atoms with Crippen molar-refractivity contribution in [1.29, 1.82) is 0 Å². The van der Waals surface area contributed by atoms with Crippen LogP contribution in [0.4, 0.5) is 5.69 Å². The third-order valence-corrected chi connectivity index (χ3v) is 5.41. The van der Waals surface area contributed by atoms with E-state index in [0.717, 1.165) is 24.1 Å². The minimum absolute atomic E-state index is 0.0191. The smallest absolute Gasteiger partial charge is 0.260 e. The lowest BCUT2D eigenvalue weighted by atomic mass is 9.98. The Morgan fingerprint density at radius 2 is 1.92 bits per heavy atom. The average molecular weight is 352 g/mol. The zero-order valence-electron chi connectivity index (χ0n) is 15.3. The number of ether oxygens (including phenoxy) is 2. The Labute approximate surface area is 153 Å². The summed E-state index contributed by atoms with van der Waals surface area (Å²) in [6.07, 6.45) is 9.44. The van der Waals surface area contributed by atoms with Gasteiger partial charge in [-0.2, -0.15) is 0 Å². The van der Waals surface area contributed by atoms with Gasteiger partial charge >= 0.3 is 0 Å². The highest BCUT2D eigenvalue weighted by molar-refractivity contribution is 6.10. The third-order valence-electron chi connectivity index (χ3n) is 5.41. The number of fused-ring (bicyclic) bond motifs is 1. The lowest BCUT2D eigenvalue weighted by Gasteiger charge is -2.26. The number of pyridine rings is 1. The molecule has 4 rings (SSSR count). The minimum Gasteiger partial charge on any atom is -0.493 e. The van der Waals surface area contributed by atoms with Crippen LogP contribution in [0.25, 0.3) is 0 Å². The molecule has 0 spiro atoms. The lowest BCUT2D eigenvalue weighted by molar-refractivity contribution is 0.0992. The maximum absolute atomic E-state index is 12.9. The number of anilines is 1. The van der Waals surface area contributed by atoms with Crippen molar-refractivity contribution in [3.8, 4) is 11.5 Å². The molecule has 1 aromatic carbocycles. The second kappa shape index (κ2) is 6.98. The van der Waals surface area contributed by atoms with Gasteiger partial charge in [0.1, 0.15) is 0 Å². The molecular formula is C21H24N2O3. The molecule has 5 heteroatoms. The van der Waals surface area contributed by atoms with Gasteiger partial charge < -0.3 is 14.4 Å². The number of hydrogen-bond acceptors (Lipinski definition) is 4. The maximum Gasteiger partial charge on any atom is 0.260 e. The van der Waals surface area contributed by atoms with Gasteiger partial charge in [-0.15, -0.1) is 0 Å². The highest BCUT2D eigenvalue weighted by Gasteiger charge is 2.35. The third kappa shape index (κ3) is 2.91. The first-order valence-electron chi connectivity index (χ1n) is 9.31. The van der Waals surface area contributed by atoms with E-state index in [1.807, 2.05) is 31.2 Å². The average Bonchev–Trinajstić information content (AvgIpc) is 2.94. The molecule has 1 atom stereocenters. The Kier molecular flexibility index (Phi) is 4.53. The van der Waals surface area contributed by atoms with E-state index in [0.29, 0.717) is 17.1 Å². The van der Waals surface area contributed by atoms with Crippen LogP contribution in [-0.2, 0) is 0 Å².